The van der Waals surface area contributed by atoms with Crippen molar-refractivity contribution in [3.63, 3.8) is 0 Å². The summed E-state index contributed by atoms with van der Waals surface area (Å²) in [6.07, 6.45) is 4.17. The van der Waals surface area contributed by atoms with Gasteiger partial charge in [-0.25, -0.2) is 0 Å². The van der Waals surface area contributed by atoms with Gasteiger partial charge in [0.05, 0.1) is 0 Å². The minimum Gasteiger partial charge on any atom is -0.356 e. The third kappa shape index (κ3) is 5.11. The summed E-state index contributed by atoms with van der Waals surface area (Å²) >= 11 is 0. The van der Waals surface area contributed by atoms with Gasteiger partial charge in [-0.15, -0.1) is 0 Å². The fourth-order valence-corrected chi connectivity index (χ4v) is 2.95. The molecular formula is C15H31N3O. The van der Waals surface area contributed by atoms with Crippen LogP contribution in [0.15, 0.2) is 0 Å². The number of rotatable bonds is 7. The lowest BCUT2D eigenvalue weighted by molar-refractivity contribution is -0.127. The Morgan fingerprint density at radius 1 is 1.32 bits per heavy atom. The highest BCUT2D eigenvalue weighted by atomic mass is 16.1. The van der Waals surface area contributed by atoms with Crippen LogP contribution in [0.3, 0.4) is 0 Å². The van der Waals surface area contributed by atoms with Gasteiger partial charge in [0.2, 0.25) is 5.91 Å². The molecule has 0 aromatic carbocycles. The molecule has 1 rings (SSSR count). The normalized spacial score (nSPS) is 27.5. The van der Waals surface area contributed by atoms with Crippen molar-refractivity contribution in [1.29, 1.82) is 0 Å². The predicted molar refractivity (Wildman–Crippen MR) is 79.9 cm³/mol. The number of carbonyl (C=O) groups excluding carboxylic acids is 1. The molecule has 0 spiro atoms. The largest absolute Gasteiger partial charge is 0.356 e. The molecule has 0 radical (unpaired) electrons. The minimum absolute atomic E-state index is 0.122. The Hall–Kier alpha value is -0.610. The molecule has 4 heteroatoms. The molecule has 19 heavy (non-hydrogen) atoms. The van der Waals surface area contributed by atoms with Gasteiger partial charge in [0.25, 0.3) is 0 Å². The third-order valence-electron chi connectivity index (χ3n) is 4.54. The molecule has 3 N–H and O–H groups in total. The van der Waals surface area contributed by atoms with Gasteiger partial charge in [0.1, 0.15) is 0 Å². The minimum atomic E-state index is 0.122. The van der Waals surface area contributed by atoms with Gasteiger partial charge >= 0.3 is 0 Å². The average molecular weight is 269 g/mol. The second-order valence-electron chi connectivity index (χ2n) is 5.73. The molecule has 1 saturated carbocycles. The molecule has 0 aromatic heterocycles. The van der Waals surface area contributed by atoms with Crippen molar-refractivity contribution >= 4 is 5.91 Å². The van der Waals surface area contributed by atoms with Crippen LogP contribution in [0.4, 0.5) is 0 Å². The summed E-state index contributed by atoms with van der Waals surface area (Å²) in [5.41, 5.74) is 6.05. The number of amides is 1. The number of hydrogen-bond donors (Lipinski definition) is 2. The van der Waals surface area contributed by atoms with Crippen LogP contribution >= 0.6 is 0 Å². The van der Waals surface area contributed by atoms with Crippen molar-refractivity contribution in [1.82, 2.24) is 10.2 Å². The van der Waals surface area contributed by atoms with Crippen molar-refractivity contribution in [2.75, 3.05) is 26.2 Å². The second-order valence-corrected chi connectivity index (χ2v) is 5.73. The van der Waals surface area contributed by atoms with Gasteiger partial charge in [-0.2, -0.15) is 0 Å². The SMILES string of the molecule is CCN(CC)CCCNC(=O)C1CCCC(N)C1C. The van der Waals surface area contributed by atoms with E-state index < -0.39 is 0 Å². The lowest BCUT2D eigenvalue weighted by atomic mass is 9.77. The highest BCUT2D eigenvalue weighted by Gasteiger charge is 2.32. The van der Waals surface area contributed by atoms with E-state index in [4.69, 9.17) is 5.73 Å². The van der Waals surface area contributed by atoms with Gasteiger partial charge in [-0.1, -0.05) is 27.2 Å². The van der Waals surface area contributed by atoms with Crippen LogP contribution in [-0.2, 0) is 4.79 Å². The molecule has 1 aliphatic rings. The van der Waals surface area contributed by atoms with Crippen LogP contribution in [0.2, 0.25) is 0 Å². The van der Waals surface area contributed by atoms with E-state index in [-0.39, 0.29) is 17.9 Å². The Kier molecular flexibility index (Phi) is 7.39. The van der Waals surface area contributed by atoms with Crippen molar-refractivity contribution in [3.8, 4) is 0 Å². The monoisotopic (exact) mass is 269 g/mol. The van der Waals surface area contributed by atoms with Gasteiger partial charge in [-0.05, 0) is 44.8 Å². The van der Waals surface area contributed by atoms with Gasteiger partial charge in [0.15, 0.2) is 0 Å². The molecule has 3 unspecified atom stereocenters. The standard InChI is InChI=1S/C15H31N3O/c1-4-18(5-2)11-7-10-17-15(19)13-8-6-9-14(16)12(13)3/h12-14H,4-11,16H2,1-3H3,(H,17,19). The topological polar surface area (TPSA) is 58.4 Å². The van der Waals surface area contributed by atoms with Crippen LogP contribution < -0.4 is 11.1 Å². The Bertz CT molecular complexity index is 266. The van der Waals surface area contributed by atoms with E-state index in [0.29, 0.717) is 5.92 Å². The Labute approximate surface area is 118 Å². The molecule has 0 heterocycles. The van der Waals surface area contributed by atoms with E-state index in [1.54, 1.807) is 0 Å². The maximum Gasteiger partial charge on any atom is 0.223 e. The number of carbonyl (C=O) groups is 1. The lowest BCUT2D eigenvalue weighted by Crippen LogP contribution is -2.44. The molecule has 0 saturated heterocycles. The second kappa shape index (κ2) is 8.54. The first-order valence-electron chi connectivity index (χ1n) is 7.85. The fraction of sp³-hybridized carbons (Fsp3) is 0.933. The Morgan fingerprint density at radius 3 is 2.63 bits per heavy atom. The van der Waals surface area contributed by atoms with Gasteiger partial charge < -0.3 is 16.0 Å². The molecule has 1 amide bonds. The Balaban J connectivity index is 2.23. The molecule has 3 atom stereocenters. The number of nitrogens with zero attached hydrogens (tertiary/aromatic N) is 1. The molecule has 0 aromatic rings. The van der Waals surface area contributed by atoms with Crippen LogP contribution in [0.25, 0.3) is 0 Å². The van der Waals surface area contributed by atoms with Crippen LogP contribution in [0, 0.1) is 11.8 Å². The van der Waals surface area contributed by atoms with Gasteiger partial charge in [-0.3, -0.25) is 4.79 Å². The number of hydrogen-bond acceptors (Lipinski definition) is 3. The quantitative estimate of drug-likeness (QED) is 0.690. The summed E-state index contributed by atoms with van der Waals surface area (Å²) in [6.45, 7) is 10.5. The van der Waals surface area contributed by atoms with Crippen molar-refractivity contribution in [2.45, 2.75) is 52.5 Å². The average Bonchev–Trinajstić information content (AvgIpc) is 2.42. The van der Waals surface area contributed by atoms with E-state index >= 15 is 0 Å². The lowest BCUT2D eigenvalue weighted by Gasteiger charge is -2.32. The molecule has 0 aliphatic heterocycles. The number of nitrogens with two attached hydrogens (primary N) is 1. The van der Waals surface area contributed by atoms with E-state index in [2.05, 4.69) is 31.0 Å². The van der Waals surface area contributed by atoms with Crippen LogP contribution in [0.1, 0.15) is 46.5 Å². The van der Waals surface area contributed by atoms with Crippen molar-refractivity contribution in [2.24, 2.45) is 17.6 Å². The van der Waals surface area contributed by atoms with E-state index in [9.17, 15) is 4.79 Å². The smallest absolute Gasteiger partial charge is 0.223 e. The zero-order valence-electron chi connectivity index (χ0n) is 12.8. The summed E-state index contributed by atoms with van der Waals surface area (Å²) in [5, 5.41) is 3.09. The third-order valence-corrected chi connectivity index (χ3v) is 4.54. The highest BCUT2D eigenvalue weighted by Crippen LogP contribution is 2.28. The van der Waals surface area contributed by atoms with Crippen molar-refractivity contribution in [3.05, 3.63) is 0 Å². The summed E-state index contributed by atoms with van der Waals surface area (Å²) in [6, 6.07) is 0.195. The first-order valence-corrected chi connectivity index (χ1v) is 7.85. The van der Waals surface area contributed by atoms with Crippen LogP contribution in [-0.4, -0.2) is 43.0 Å². The molecular weight excluding hydrogens is 238 g/mol. The number of nitrogens with one attached hydrogen (secondary N) is 1. The van der Waals surface area contributed by atoms with Crippen LogP contribution in [0.5, 0.6) is 0 Å². The highest BCUT2D eigenvalue weighted by molar-refractivity contribution is 5.79. The molecule has 1 fully saturated rings. The zero-order valence-corrected chi connectivity index (χ0v) is 12.8. The zero-order chi connectivity index (χ0) is 14.3. The summed E-state index contributed by atoms with van der Waals surface area (Å²) in [4.78, 5) is 14.5. The molecule has 4 nitrogen and oxygen atoms in total. The summed E-state index contributed by atoms with van der Waals surface area (Å²) in [5.74, 6) is 0.649. The molecule has 1 aliphatic carbocycles. The first kappa shape index (κ1) is 16.4. The molecule has 112 valence electrons. The first-order chi connectivity index (χ1) is 9.10. The predicted octanol–water partition coefficient (Wildman–Crippen LogP) is 1.60. The molecule has 0 bridgehead atoms. The Morgan fingerprint density at radius 2 is 2.00 bits per heavy atom. The summed E-state index contributed by atoms with van der Waals surface area (Å²) < 4.78 is 0. The fourth-order valence-electron chi connectivity index (χ4n) is 2.95. The maximum atomic E-state index is 12.2. The van der Waals surface area contributed by atoms with E-state index in [1.165, 1.54) is 0 Å². The van der Waals surface area contributed by atoms with E-state index in [1.807, 2.05) is 0 Å². The van der Waals surface area contributed by atoms with E-state index in [0.717, 1.165) is 51.9 Å². The van der Waals surface area contributed by atoms with Gasteiger partial charge in [0, 0.05) is 18.5 Å². The summed E-state index contributed by atoms with van der Waals surface area (Å²) in [7, 11) is 0. The van der Waals surface area contributed by atoms with Crippen molar-refractivity contribution < 1.29 is 4.79 Å². The maximum absolute atomic E-state index is 12.2.